The van der Waals surface area contributed by atoms with Crippen molar-refractivity contribution in [3.8, 4) is 0 Å². The highest BCUT2D eigenvalue weighted by atomic mass is 14.8. The van der Waals surface area contributed by atoms with Crippen molar-refractivity contribution in [3.05, 3.63) is 36.2 Å². The Morgan fingerprint density at radius 3 is 2.33 bits per heavy atom. The fourth-order valence-electron chi connectivity index (χ4n) is 1.18. The number of anilines is 1. The van der Waals surface area contributed by atoms with Crippen LogP contribution < -0.4 is 5.32 Å². The van der Waals surface area contributed by atoms with Crippen molar-refractivity contribution >= 4 is 5.69 Å². The third-order valence-electron chi connectivity index (χ3n) is 1.73. The number of nitrogens with one attached hydrogen (secondary N) is 1. The monoisotopic (exact) mass is 162 g/mol. The highest BCUT2D eigenvalue weighted by molar-refractivity contribution is 5.45. The highest BCUT2D eigenvalue weighted by Gasteiger charge is 1.91. The van der Waals surface area contributed by atoms with E-state index in [1.165, 1.54) is 11.3 Å². The van der Waals surface area contributed by atoms with Crippen LogP contribution in [0.3, 0.4) is 0 Å². The van der Waals surface area contributed by atoms with Crippen LogP contribution in [0.1, 0.15) is 25.8 Å². The Labute approximate surface area is 74.8 Å². The van der Waals surface area contributed by atoms with Crippen LogP contribution in [0, 0.1) is 6.42 Å². The van der Waals surface area contributed by atoms with Gasteiger partial charge in [0.2, 0.25) is 0 Å². The van der Waals surface area contributed by atoms with Crippen molar-refractivity contribution in [2.24, 2.45) is 0 Å². The molecule has 1 heteroatoms. The van der Waals surface area contributed by atoms with Gasteiger partial charge in [0.25, 0.3) is 0 Å². The standard InChI is InChI=1S/C11H16N/c1-3-5-10-6-8-11(9-7-10)12-4-2/h5-9,12H,3-4H2,1-2H3. The first-order valence-corrected chi connectivity index (χ1v) is 4.54. The molecule has 0 bridgehead atoms. The average Bonchev–Trinajstić information content (AvgIpc) is 2.09. The van der Waals surface area contributed by atoms with E-state index in [4.69, 9.17) is 0 Å². The maximum absolute atomic E-state index is 3.26. The second kappa shape index (κ2) is 4.81. The molecule has 1 aromatic rings. The smallest absolute Gasteiger partial charge is 0.0340 e. The molecule has 0 unspecified atom stereocenters. The van der Waals surface area contributed by atoms with Crippen LogP contribution in [0.15, 0.2) is 24.3 Å². The van der Waals surface area contributed by atoms with E-state index in [0.29, 0.717) is 0 Å². The third-order valence-corrected chi connectivity index (χ3v) is 1.73. The molecule has 12 heavy (non-hydrogen) atoms. The molecule has 0 amide bonds. The molecule has 1 rings (SSSR count). The van der Waals surface area contributed by atoms with Gasteiger partial charge in [0.15, 0.2) is 0 Å². The summed E-state index contributed by atoms with van der Waals surface area (Å²) in [5.74, 6) is 0. The Morgan fingerprint density at radius 2 is 1.83 bits per heavy atom. The zero-order valence-corrected chi connectivity index (χ0v) is 7.80. The summed E-state index contributed by atoms with van der Waals surface area (Å²) in [5, 5.41) is 3.26. The van der Waals surface area contributed by atoms with Gasteiger partial charge in [-0.2, -0.15) is 0 Å². The molecule has 0 aromatic heterocycles. The van der Waals surface area contributed by atoms with Crippen molar-refractivity contribution in [3.63, 3.8) is 0 Å². The fraction of sp³-hybridized carbons (Fsp3) is 0.364. The van der Waals surface area contributed by atoms with Gasteiger partial charge >= 0.3 is 0 Å². The van der Waals surface area contributed by atoms with Crippen molar-refractivity contribution in [2.45, 2.75) is 20.3 Å². The molecule has 1 radical (unpaired) electrons. The molecule has 1 aromatic carbocycles. The van der Waals surface area contributed by atoms with Crippen LogP contribution >= 0.6 is 0 Å². The minimum absolute atomic E-state index is 0.983. The van der Waals surface area contributed by atoms with Gasteiger partial charge in [-0.3, -0.25) is 0 Å². The third kappa shape index (κ3) is 2.57. The van der Waals surface area contributed by atoms with E-state index in [1.54, 1.807) is 0 Å². The van der Waals surface area contributed by atoms with Crippen LogP contribution in [0.5, 0.6) is 0 Å². The van der Waals surface area contributed by atoms with Crippen LogP contribution in [0.25, 0.3) is 0 Å². The topological polar surface area (TPSA) is 12.0 Å². The summed E-state index contributed by atoms with van der Waals surface area (Å²) in [4.78, 5) is 0. The molecule has 0 aliphatic heterocycles. The first-order valence-electron chi connectivity index (χ1n) is 4.54. The minimum atomic E-state index is 0.983. The lowest BCUT2D eigenvalue weighted by Crippen LogP contribution is -1.95. The van der Waals surface area contributed by atoms with Gasteiger partial charge in [-0.25, -0.2) is 0 Å². The van der Waals surface area contributed by atoms with Gasteiger partial charge in [0, 0.05) is 12.2 Å². The van der Waals surface area contributed by atoms with Crippen molar-refractivity contribution in [2.75, 3.05) is 11.9 Å². The molecule has 0 spiro atoms. The lowest BCUT2D eigenvalue weighted by molar-refractivity contribution is 1.12. The van der Waals surface area contributed by atoms with Crippen molar-refractivity contribution in [1.82, 2.24) is 0 Å². The summed E-state index contributed by atoms with van der Waals surface area (Å²) in [6, 6.07) is 8.51. The maximum Gasteiger partial charge on any atom is 0.0340 e. The molecular formula is C11H16N. The summed E-state index contributed by atoms with van der Waals surface area (Å²) in [6.07, 6.45) is 3.32. The molecule has 0 saturated heterocycles. The van der Waals surface area contributed by atoms with E-state index in [1.807, 2.05) is 0 Å². The summed E-state index contributed by atoms with van der Waals surface area (Å²) in [5.41, 5.74) is 2.50. The minimum Gasteiger partial charge on any atom is -0.385 e. The van der Waals surface area contributed by atoms with E-state index >= 15 is 0 Å². The molecule has 1 N–H and O–H groups in total. The molecule has 0 heterocycles. The maximum atomic E-state index is 3.26. The molecule has 65 valence electrons. The van der Waals surface area contributed by atoms with E-state index in [2.05, 4.69) is 49.9 Å². The lowest BCUT2D eigenvalue weighted by Gasteiger charge is -2.03. The normalized spacial score (nSPS) is 9.83. The van der Waals surface area contributed by atoms with Crippen LogP contribution in [-0.4, -0.2) is 6.54 Å². The first kappa shape index (κ1) is 9.11. The SMILES string of the molecule is CC[CH]c1ccc(NCC)cc1. The summed E-state index contributed by atoms with van der Waals surface area (Å²) in [7, 11) is 0. The van der Waals surface area contributed by atoms with E-state index in [-0.39, 0.29) is 0 Å². The Bertz CT molecular complexity index is 188. The van der Waals surface area contributed by atoms with Gasteiger partial charge in [-0.05, 0) is 37.5 Å². The molecule has 1 nitrogen and oxygen atoms in total. The number of hydrogen-bond donors (Lipinski definition) is 1. The van der Waals surface area contributed by atoms with Gasteiger partial charge in [-0.15, -0.1) is 0 Å². The molecular weight excluding hydrogens is 146 g/mol. The second-order valence-corrected chi connectivity index (χ2v) is 2.76. The summed E-state index contributed by atoms with van der Waals surface area (Å²) >= 11 is 0. The van der Waals surface area contributed by atoms with Crippen LogP contribution in [0.2, 0.25) is 0 Å². The predicted octanol–water partition coefficient (Wildman–Crippen LogP) is 3.08. The van der Waals surface area contributed by atoms with Crippen molar-refractivity contribution < 1.29 is 0 Å². The average molecular weight is 162 g/mol. The fourth-order valence-corrected chi connectivity index (χ4v) is 1.18. The lowest BCUT2D eigenvalue weighted by atomic mass is 10.1. The predicted molar refractivity (Wildman–Crippen MR) is 54.3 cm³/mol. The molecule has 0 aliphatic rings. The molecule has 0 atom stereocenters. The second-order valence-electron chi connectivity index (χ2n) is 2.76. The Morgan fingerprint density at radius 1 is 1.17 bits per heavy atom. The Balaban J connectivity index is 2.58. The van der Waals surface area contributed by atoms with E-state index in [9.17, 15) is 0 Å². The van der Waals surface area contributed by atoms with Crippen molar-refractivity contribution in [1.29, 1.82) is 0 Å². The molecule has 0 saturated carbocycles. The first-order chi connectivity index (χ1) is 5.86. The van der Waals surface area contributed by atoms with Crippen LogP contribution in [0.4, 0.5) is 5.69 Å². The Hall–Kier alpha value is -0.980. The Kier molecular flexibility index (Phi) is 3.65. The van der Waals surface area contributed by atoms with Gasteiger partial charge in [-0.1, -0.05) is 19.1 Å². The molecule has 0 aliphatic carbocycles. The number of benzene rings is 1. The molecule has 0 fully saturated rings. The zero-order valence-electron chi connectivity index (χ0n) is 7.80. The largest absolute Gasteiger partial charge is 0.385 e. The van der Waals surface area contributed by atoms with Crippen LogP contribution in [-0.2, 0) is 0 Å². The van der Waals surface area contributed by atoms with E-state index in [0.717, 1.165) is 13.0 Å². The zero-order chi connectivity index (χ0) is 8.81. The number of rotatable bonds is 4. The summed E-state index contributed by atoms with van der Waals surface area (Å²) in [6.45, 7) is 5.24. The quantitative estimate of drug-likeness (QED) is 0.717. The van der Waals surface area contributed by atoms with E-state index < -0.39 is 0 Å². The van der Waals surface area contributed by atoms with Gasteiger partial charge < -0.3 is 5.32 Å². The van der Waals surface area contributed by atoms with Gasteiger partial charge in [0.05, 0.1) is 0 Å². The summed E-state index contributed by atoms with van der Waals surface area (Å²) < 4.78 is 0. The highest BCUT2D eigenvalue weighted by Crippen LogP contribution is 2.11. The van der Waals surface area contributed by atoms with Gasteiger partial charge in [0.1, 0.15) is 0 Å². The number of hydrogen-bond acceptors (Lipinski definition) is 1.